The van der Waals surface area contributed by atoms with E-state index in [4.69, 9.17) is 0 Å². The summed E-state index contributed by atoms with van der Waals surface area (Å²) < 4.78 is 5.08. The number of thiophene rings is 1. The topological polar surface area (TPSA) is 8.17 Å². The molecule has 0 saturated heterocycles. The van der Waals surface area contributed by atoms with Crippen LogP contribution in [0, 0.1) is 0 Å². The van der Waals surface area contributed by atoms with Crippen LogP contribution in [0.4, 0.5) is 17.1 Å². The van der Waals surface area contributed by atoms with Crippen molar-refractivity contribution >= 4 is 91.9 Å². The van der Waals surface area contributed by atoms with E-state index in [0.717, 1.165) is 22.7 Å². The lowest BCUT2D eigenvalue weighted by molar-refractivity contribution is 1.19. The Hall–Kier alpha value is -7.46. The van der Waals surface area contributed by atoms with Crippen molar-refractivity contribution in [3.05, 3.63) is 218 Å². The van der Waals surface area contributed by atoms with E-state index in [0.29, 0.717) is 0 Å². The molecule has 12 rings (SSSR count). The maximum Gasteiger partial charge on any atom is 0.0620 e. The molecule has 0 unspecified atom stereocenters. The van der Waals surface area contributed by atoms with Gasteiger partial charge in [-0.1, -0.05) is 158 Å². The van der Waals surface area contributed by atoms with Crippen LogP contribution in [0.1, 0.15) is 0 Å². The second-order valence-electron chi connectivity index (χ2n) is 15.3. The Bertz CT molecular complexity index is 3530. The van der Waals surface area contributed by atoms with Gasteiger partial charge in [0.2, 0.25) is 0 Å². The fourth-order valence-corrected chi connectivity index (χ4v) is 10.4. The zero-order valence-corrected chi connectivity index (χ0v) is 32.9. The quantitative estimate of drug-likeness (QED) is 0.164. The number of hydrogen-bond donors (Lipinski definition) is 0. The van der Waals surface area contributed by atoms with E-state index in [1.807, 2.05) is 11.3 Å². The molecule has 12 aromatic rings. The summed E-state index contributed by atoms with van der Waals surface area (Å²) in [5.41, 5.74) is 11.8. The molecule has 10 aromatic carbocycles. The van der Waals surface area contributed by atoms with Gasteiger partial charge in [-0.15, -0.1) is 11.3 Å². The standard InChI is InChI=1S/C56H36N2S/c1-3-13-37(14-4-1)38-23-28-42(29-24-38)57(44-32-34-48-47-20-11-12-22-53(47)59-54(48)35-44)43-30-25-40(26-31-43)51-36-52-50-33-27-39-15-7-8-18-45(39)55(50)58(41-16-5-2-6-17-41)56(52)49-21-10-9-19-46(49)51/h1-36H. The van der Waals surface area contributed by atoms with Gasteiger partial charge in [0.25, 0.3) is 0 Å². The fraction of sp³-hybridized carbons (Fsp3) is 0. The molecule has 0 aliphatic heterocycles. The van der Waals surface area contributed by atoms with Gasteiger partial charge in [-0.25, -0.2) is 0 Å². The molecule has 0 atom stereocenters. The Morgan fingerprint density at radius 3 is 1.61 bits per heavy atom. The van der Waals surface area contributed by atoms with Crippen LogP contribution in [-0.4, -0.2) is 4.57 Å². The van der Waals surface area contributed by atoms with Gasteiger partial charge in [-0.05, 0) is 93.7 Å². The first kappa shape index (κ1) is 33.7. The monoisotopic (exact) mass is 768 g/mol. The highest BCUT2D eigenvalue weighted by molar-refractivity contribution is 7.25. The van der Waals surface area contributed by atoms with Crippen LogP contribution in [0.15, 0.2) is 218 Å². The van der Waals surface area contributed by atoms with Crippen molar-refractivity contribution in [3.63, 3.8) is 0 Å². The van der Waals surface area contributed by atoms with Crippen molar-refractivity contribution in [3.8, 4) is 27.9 Å². The third kappa shape index (κ3) is 5.47. The van der Waals surface area contributed by atoms with Crippen LogP contribution in [0.25, 0.3) is 91.5 Å². The summed E-state index contributed by atoms with van der Waals surface area (Å²) in [5, 5.41) is 10.1. The lowest BCUT2D eigenvalue weighted by atomic mass is 9.94. The van der Waals surface area contributed by atoms with Gasteiger partial charge in [0.05, 0.1) is 11.0 Å². The molecule has 0 spiro atoms. The van der Waals surface area contributed by atoms with Gasteiger partial charge in [0.1, 0.15) is 0 Å². The second kappa shape index (κ2) is 13.6. The van der Waals surface area contributed by atoms with Crippen LogP contribution >= 0.6 is 11.3 Å². The third-order valence-corrected chi connectivity index (χ3v) is 13.1. The van der Waals surface area contributed by atoms with Crippen molar-refractivity contribution in [1.29, 1.82) is 0 Å². The molecule has 0 amide bonds. The number of rotatable bonds is 6. The Morgan fingerprint density at radius 2 is 0.847 bits per heavy atom. The molecule has 59 heavy (non-hydrogen) atoms. The predicted octanol–water partition coefficient (Wildman–Crippen LogP) is 16.3. The van der Waals surface area contributed by atoms with Crippen LogP contribution in [0.5, 0.6) is 0 Å². The number of para-hydroxylation sites is 1. The van der Waals surface area contributed by atoms with E-state index in [1.54, 1.807) is 0 Å². The molecular weight excluding hydrogens is 733 g/mol. The molecule has 0 bridgehead atoms. The number of anilines is 3. The van der Waals surface area contributed by atoms with Gasteiger partial charge in [0.15, 0.2) is 0 Å². The Labute approximate surface area is 346 Å². The van der Waals surface area contributed by atoms with E-state index in [9.17, 15) is 0 Å². The minimum atomic E-state index is 1.11. The number of nitrogens with zero attached hydrogens (tertiary/aromatic N) is 2. The summed E-state index contributed by atoms with van der Waals surface area (Å²) in [4.78, 5) is 2.39. The first-order valence-corrected chi connectivity index (χ1v) is 21.0. The summed E-state index contributed by atoms with van der Waals surface area (Å²) in [5.74, 6) is 0. The van der Waals surface area contributed by atoms with Crippen molar-refractivity contribution < 1.29 is 0 Å². The lowest BCUT2D eigenvalue weighted by Gasteiger charge is -2.26. The normalized spacial score (nSPS) is 11.7. The van der Waals surface area contributed by atoms with E-state index >= 15 is 0 Å². The fourth-order valence-electron chi connectivity index (χ4n) is 9.23. The molecule has 0 aliphatic carbocycles. The Kier molecular flexibility index (Phi) is 7.75. The zero-order valence-electron chi connectivity index (χ0n) is 32.1. The third-order valence-electron chi connectivity index (χ3n) is 12.0. The predicted molar refractivity (Wildman–Crippen MR) is 254 cm³/mol. The molecule has 0 N–H and O–H groups in total. The lowest BCUT2D eigenvalue weighted by Crippen LogP contribution is -2.09. The first-order chi connectivity index (χ1) is 29.3. The highest BCUT2D eigenvalue weighted by atomic mass is 32.1. The maximum atomic E-state index is 2.48. The molecule has 0 saturated carbocycles. The molecule has 0 aliphatic rings. The zero-order chi connectivity index (χ0) is 38.9. The molecule has 276 valence electrons. The molecule has 0 radical (unpaired) electrons. The average Bonchev–Trinajstić information content (AvgIpc) is 3.86. The SMILES string of the molecule is c1ccc(-c2ccc(N(c3ccc(-c4cc5c6ccc7ccccc7c6n(-c6ccccc6)c5c5ccccc45)cc3)c3ccc4c(c3)sc3ccccc34)cc2)cc1. The van der Waals surface area contributed by atoms with Gasteiger partial charge in [0, 0.05) is 64.5 Å². The summed E-state index contributed by atoms with van der Waals surface area (Å²) >= 11 is 1.86. The number of fused-ring (bicyclic) bond motifs is 10. The smallest absolute Gasteiger partial charge is 0.0620 e. The number of hydrogen-bond acceptors (Lipinski definition) is 2. The van der Waals surface area contributed by atoms with Crippen molar-refractivity contribution in [2.75, 3.05) is 4.90 Å². The summed E-state index contributed by atoms with van der Waals surface area (Å²) in [6.45, 7) is 0. The summed E-state index contributed by atoms with van der Waals surface area (Å²) in [7, 11) is 0. The maximum absolute atomic E-state index is 2.48. The van der Waals surface area contributed by atoms with Crippen LogP contribution in [-0.2, 0) is 0 Å². The molecule has 2 nitrogen and oxygen atoms in total. The largest absolute Gasteiger partial charge is 0.310 e. The van der Waals surface area contributed by atoms with E-state index in [1.165, 1.54) is 85.8 Å². The minimum absolute atomic E-state index is 1.11. The van der Waals surface area contributed by atoms with Crippen molar-refractivity contribution in [2.24, 2.45) is 0 Å². The highest BCUT2D eigenvalue weighted by Crippen LogP contribution is 2.45. The summed E-state index contributed by atoms with van der Waals surface area (Å²) in [6, 6.07) is 79.9. The molecule has 3 heteroatoms. The minimum Gasteiger partial charge on any atom is -0.310 e. The molecule has 2 heterocycles. The van der Waals surface area contributed by atoms with Crippen molar-refractivity contribution in [2.45, 2.75) is 0 Å². The first-order valence-electron chi connectivity index (χ1n) is 20.2. The highest BCUT2D eigenvalue weighted by Gasteiger charge is 2.21. The van der Waals surface area contributed by atoms with E-state index in [-0.39, 0.29) is 0 Å². The molecular formula is C56H36N2S. The molecule has 0 fully saturated rings. The average molecular weight is 769 g/mol. The number of benzene rings is 10. The molecule has 2 aromatic heterocycles. The van der Waals surface area contributed by atoms with E-state index < -0.39 is 0 Å². The van der Waals surface area contributed by atoms with Gasteiger partial charge in [-0.2, -0.15) is 0 Å². The Morgan fingerprint density at radius 1 is 0.322 bits per heavy atom. The van der Waals surface area contributed by atoms with E-state index in [2.05, 4.69) is 228 Å². The Balaban J connectivity index is 1.04. The van der Waals surface area contributed by atoms with Gasteiger partial charge >= 0.3 is 0 Å². The van der Waals surface area contributed by atoms with Gasteiger partial charge in [-0.3, -0.25) is 0 Å². The van der Waals surface area contributed by atoms with Gasteiger partial charge < -0.3 is 9.47 Å². The summed E-state index contributed by atoms with van der Waals surface area (Å²) in [6.07, 6.45) is 0. The van der Waals surface area contributed by atoms with Crippen molar-refractivity contribution in [1.82, 2.24) is 4.57 Å². The van der Waals surface area contributed by atoms with Crippen LogP contribution in [0.3, 0.4) is 0 Å². The van der Waals surface area contributed by atoms with Crippen LogP contribution in [0.2, 0.25) is 0 Å². The van der Waals surface area contributed by atoms with Crippen LogP contribution < -0.4 is 4.90 Å². The second-order valence-corrected chi connectivity index (χ2v) is 16.4. The number of aromatic nitrogens is 1.